The van der Waals surface area contributed by atoms with Gasteiger partial charge in [0.05, 0.1) is 6.54 Å². The Labute approximate surface area is 126 Å². The van der Waals surface area contributed by atoms with E-state index in [4.69, 9.17) is 0 Å². The summed E-state index contributed by atoms with van der Waals surface area (Å²) in [7, 11) is 2.04. The number of nitrogens with zero attached hydrogens (tertiary/aromatic N) is 1. The number of halogens is 1. The lowest BCUT2D eigenvalue weighted by atomic mass is 9.94. The predicted octanol–water partition coefficient (Wildman–Crippen LogP) is 2.75. The SMILES string of the molecule is CN(CC(=O)NCCc1ccc(F)cc1)C1CCCCC1. The molecule has 0 saturated heterocycles. The summed E-state index contributed by atoms with van der Waals surface area (Å²) in [6, 6.07) is 6.98. The molecule has 3 nitrogen and oxygen atoms in total. The fourth-order valence-corrected chi connectivity index (χ4v) is 2.93. The molecule has 0 bridgehead atoms. The molecule has 1 aliphatic rings. The highest BCUT2D eigenvalue weighted by Gasteiger charge is 2.19. The zero-order chi connectivity index (χ0) is 15.1. The first-order chi connectivity index (χ1) is 10.1. The number of nitrogens with one attached hydrogen (secondary N) is 1. The fraction of sp³-hybridized carbons (Fsp3) is 0.588. The molecule has 1 amide bonds. The second-order valence-corrected chi connectivity index (χ2v) is 5.93. The Morgan fingerprint density at radius 2 is 1.90 bits per heavy atom. The van der Waals surface area contributed by atoms with Gasteiger partial charge in [0.1, 0.15) is 5.82 Å². The van der Waals surface area contributed by atoms with Crippen LogP contribution in [0, 0.1) is 5.82 Å². The van der Waals surface area contributed by atoms with Crippen molar-refractivity contribution < 1.29 is 9.18 Å². The number of amides is 1. The largest absolute Gasteiger partial charge is 0.355 e. The Bertz CT molecular complexity index is 441. The quantitative estimate of drug-likeness (QED) is 0.874. The van der Waals surface area contributed by atoms with E-state index in [2.05, 4.69) is 10.2 Å². The molecule has 0 aliphatic heterocycles. The second-order valence-electron chi connectivity index (χ2n) is 5.93. The Morgan fingerprint density at radius 3 is 2.57 bits per heavy atom. The van der Waals surface area contributed by atoms with Crippen molar-refractivity contribution in [2.75, 3.05) is 20.1 Å². The van der Waals surface area contributed by atoms with Gasteiger partial charge in [-0.25, -0.2) is 4.39 Å². The average molecular weight is 292 g/mol. The number of hydrogen-bond acceptors (Lipinski definition) is 2. The number of likely N-dealkylation sites (N-methyl/N-ethyl adjacent to an activating group) is 1. The molecule has 0 aromatic heterocycles. The van der Waals surface area contributed by atoms with Crippen LogP contribution in [0.25, 0.3) is 0 Å². The molecule has 2 rings (SSSR count). The summed E-state index contributed by atoms with van der Waals surface area (Å²) in [5.74, 6) is -0.151. The van der Waals surface area contributed by atoms with Crippen molar-refractivity contribution in [2.24, 2.45) is 0 Å². The Kier molecular flexibility index (Phi) is 6.18. The summed E-state index contributed by atoms with van der Waals surface area (Å²) in [5.41, 5.74) is 1.04. The first-order valence-corrected chi connectivity index (χ1v) is 7.86. The molecule has 1 aromatic rings. The van der Waals surface area contributed by atoms with Crippen molar-refractivity contribution in [3.05, 3.63) is 35.6 Å². The minimum absolute atomic E-state index is 0.0742. The third-order valence-electron chi connectivity index (χ3n) is 4.24. The molecule has 1 N–H and O–H groups in total. The zero-order valence-electron chi connectivity index (χ0n) is 12.8. The van der Waals surface area contributed by atoms with Gasteiger partial charge in [-0.3, -0.25) is 9.69 Å². The van der Waals surface area contributed by atoms with Crippen LogP contribution in [0.5, 0.6) is 0 Å². The third kappa shape index (κ3) is 5.46. The number of carbonyl (C=O) groups excluding carboxylic acids is 1. The van der Waals surface area contributed by atoms with Gasteiger partial charge in [-0.05, 0) is 44.0 Å². The summed E-state index contributed by atoms with van der Waals surface area (Å²) in [6.07, 6.45) is 7.04. The van der Waals surface area contributed by atoms with E-state index >= 15 is 0 Å². The van der Waals surface area contributed by atoms with Crippen LogP contribution in [0.3, 0.4) is 0 Å². The van der Waals surface area contributed by atoms with E-state index in [0.717, 1.165) is 12.0 Å². The molecule has 0 atom stereocenters. The lowest BCUT2D eigenvalue weighted by Crippen LogP contribution is -2.41. The van der Waals surface area contributed by atoms with Crippen LogP contribution in [-0.2, 0) is 11.2 Å². The summed E-state index contributed by atoms with van der Waals surface area (Å²) in [5, 5.41) is 2.94. The number of benzene rings is 1. The minimum atomic E-state index is -0.225. The van der Waals surface area contributed by atoms with Crippen LogP contribution in [0.4, 0.5) is 4.39 Å². The van der Waals surface area contributed by atoms with Gasteiger partial charge in [-0.15, -0.1) is 0 Å². The summed E-state index contributed by atoms with van der Waals surface area (Å²) >= 11 is 0. The molecular formula is C17H25FN2O. The first-order valence-electron chi connectivity index (χ1n) is 7.86. The van der Waals surface area contributed by atoms with Crippen LogP contribution < -0.4 is 5.32 Å². The van der Waals surface area contributed by atoms with Crippen molar-refractivity contribution >= 4 is 5.91 Å². The Balaban J connectivity index is 1.65. The lowest BCUT2D eigenvalue weighted by molar-refractivity contribution is -0.122. The molecule has 0 heterocycles. The van der Waals surface area contributed by atoms with Crippen molar-refractivity contribution in [3.8, 4) is 0 Å². The van der Waals surface area contributed by atoms with E-state index in [0.29, 0.717) is 19.1 Å². The monoisotopic (exact) mass is 292 g/mol. The van der Waals surface area contributed by atoms with Gasteiger partial charge in [0.2, 0.25) is 5.91 Å². The maximum atomic E-state index is 12.8. The molecule has 116 valence electrons. The van der Waals surface area contributed by atoms with E-state index in [-0.39, 0.29) is 11.7 Å². The third-order valence-corrected chi connectivity index (χ3v) is 4.24. The van der Waals surface area contributed by atoms with Crippen molar-refractivity contribution in [3.63, 3.8) is 0 Å². The smallest absolute Gasteiger partial charge is 0.234 e. The Morgan fingerprint density at radius 1 is 1.24 bits per heavy atom. The van der Waals surface area contributed by atoms with Gasteiger partial charge in [0.25, 0.3) is 0 Å². The molecule has 21 heavy (non-hydrogen) atoms. The highest BCUT2D eigenvalue weighted by atomic mass is 19.1. The number of hydrogen-bond donors (Lipinski definition) is 1. The summed E-state index contributed by atoms with van der Waals surface area (Å²) in [6.45, 7) is 1.07. The molecule has 0 spiro atoms. The molecule has 1 fully saturated rings. The van der Waals surface area contributed by atoms with Crippen LogP contribution in [-0.4, -0.2) is 37.0 Å². The Hall–Kier alpha value is -1.42. The summed E-state index contributed by atoms with van der Waals surface area (Å²) < 4.78 is 12.8. The van der Waals surface area contributed by atoms with Crippen molar-refractivity contribution in [1.82, 2.24) is 10.2 Å². The van der Waals surface area contributed by atoms with Crippen LogP contribution in [0.2, 0.25) is 0 Å². The predicted molar refractivity (Wildman–Crippen MR) is 82.6 cm³/mol. The fourth-order valence-electron chi connectivity index (χ4n) is 2.93. The van der Waals surface area contributed by atoms with Crippen LogP contribution in [0.15, 0.2) is 24.3 Å². The minimum Gasteiger partial charge on any atom is -0.355 e. The van der Waals surface area contributed by atoms with Gasteiger partial charge in [0, 0.05) is 12.6 Å². The number of carbonyl (C=O) groups is 1. The molecular weight excluding hydrogens is 267 g/mol. The van der Waals surface area contributed by atoms with Crippen molar-refractivity contribution in [1.29, 1.82) is 0 Å². The van der Waals surface area contributed by atoms with Crippen LogP contribution in [0.1, 0.15) is 37.7 Å². The maximum Gasteiger partial charge on any atom is 0.234 e. The van der Waals surface area contributed by atoms with E-state index in [1.54, 1.807) is 12.1 Å². The summed E-state index contributed by atoms with van der Waals surface area (Å²) in [4.78, 5) is 14.1. The highest BCUT2D eigenvalue weighted by Crippen LogP contribution is 2.21. The van der Waals surface area contributed by atoms with E-state index in [1.165, 1.54) is 44.2 Å². The van der Waals surface area contributed by atoms with Gasteiger partial charge in [-0.2, -0.15) is 0 Å². The zero-order valence-corrected chi connectivity index (χ0v) is 12.8. The first kappa shape index (κ1) is 16.0. The van der Waals surface area contributed by atoms with Gasteiger partial charge in [-0.1, -0.05) is 31.4 Å². The standard InChI is InChI=1S/C17H25FN2O/c1-20(16-5-3-2-4-6-16)13-17(21)19-12-11-14-7-9-15(18)10-8-14/h7-10,16H,2-6,11-13H2,1H3,(H,19,21). The van der Waals surface area contributed by atoms with E-state index < -0.39 is 0 Å². The molecule has 0 unspecified atom stereocenters. The number of rotatable bonds is 6. The topological polar surface area (TPSA) is 32.3 Å². The van der Waals surface area contributed by atoms with Gasteiger partial charge in [0.15, 0.2) is 0 Å². The average Bonchev–Trinajstić information content (AvgIpc) is 2.50. The molecule has 1 aromatic carbocycles. The van der Waals surface area contributed by atoms with E-state index in [1.807, 2.05) is 7.05 Å². The molecule has 1 aliphatic carbocycles. The maximum absolute atomic E-state index is 12.8. The second kappa shape index (κ2) is 8.13. The van der Waals surface area contributed by atoms with Gasteiger partial charge >= 0.3 is 0 Å². The highest BCUT2D eigenvalue weighted by molar-refractivity contribution is 5.78. The van der Waals surface area contributed by atoms with Crippen molar-refractivity contribution in [2.45, 2.75) is 44.6 Å². The lowest BCUT2D eigenvalue weighted by Gasteiger charge is -2.30. The molecule has 4 heteroatoms. The molecule has 1 saturated carbocycles. The van der Waals surface area contributed by atoms with Gasteiger partial charge < -0.3 is 5.32 Å². The molecule has 0 radical (unpaired) electrons. The normalized spacial score (nSPS) is 16.1. The van der Waals surface area contributed by atoms with Crippen LogP contribution >= 0.6 is 0 Å². The van der Waals surface area contributed by atoms with E-state index in [9.17, 15) is 9.18 Å².